The number of hydrogen-bond donors (Lipinski definition) is 4. The molecule has 3 aliphatic carbocycles. The molecular weight excluding hydrogens is 548 g/mol. The van der Waals surface area contributed by atoms with Gasteiger partial charge in [-0.15, -0.1) is 0 Å². The van der Waals surface area contributed by atoms with Crippen molar-refractivity contribution in [2.45, 2.75) is 143 Å². The summed E-state index contributed by atoms with van der Waals surface area (Å²) in [6.07, 6.45) is 17.1. The maximum atomic E-state index is 7.00. The van der Waals surface area contributed by atoms with Crippen LogP contribution in [0.1, 0.15) is 125 Å². The third-order valence-electron chi connectivity index (χ3n) is 12.5. The predicted molar refractivity (Wildman–Crippen MR) is 185 cm³/mol. The van der Waals surface area contributed by atoms with Crippen LogP contribution in [0.3, 0.4) is 0 Å². The molecule has 0 aliphatic heterocycles. The average molecular weight is 623 g/mol. The van der Waals surface area contributed by atoms with Crippen LogP contribution in [0.15, 0.2) is 0 Å². The van der Waals surface area contributed by atoms with Crippen LogP contribution in [0.5, 0.6) is 0 Å². The zero-order valence-corrected chi connectivity index (χ0v) is 29.6. The first-order valence-electron chi connectivity index (χ1n) is 19.0. The lowest BCUT2D eigenvalue weighted by Gasteiger charge is -2.60. The first-order valence-corrected chi connectivity index (χ1v) is 19.0. The Labute approximate surface area is 272 Å². The molecule has 7 nitrogen and oxygen atoms in total. The van der Waals surface area contributed by atoms with Crippen LogP contribution in [0, 0.1) is 40.4 Å². The summed E-state index contributed by atoms with van der Waals surface area (Å²) in [5.41, 5.74) is 18.1. The van der Waals surface area contributed by atoms with Crippen molar-refractivity contribution >= 4 is 0 Å². The lowest BCUT2D eigenvalue weighted by atomic mass is 9.48. The fourth-order valence-electron chi connectivity index (χ4n) is 9.98. The number of nitrogens with one attached hydrogen (secondary N) is 1. The number of hydrogen-bond acceptors (Lipinski definition) is 7. The largest absolute Gasteiger partial charge is 0.378 e. The van der Waals surface area contributed by atoms with Gasteiger partial charge in [-0.2, -0.15) is 0 Å². The molecule has 8 atom stereocenters. The van der Waals surface area contributed by atoms with Gasteiger partial charge in [0.2, 0.25) is 0 Å². The van der Waals surface area contributed by atoms with Crippen LogP contribution >= 0.6 is 0 Å². The highest BCUT2D eigenvalue weighted by molar-refractivity contribution is 5.12. The second kappa shape index (κ2) is 19.5. The maximum Gasteiger partial charge on any atom is 0.0637 e. The molecule has 3 saturated carbocycles. The van der Waals surface area contributed by atoms with E-state index in [0.29, 0.717) is 55.3 Å². The lowest BCUT2D eigenvalue weighted by Crippen LogP contribution is -2.59. The van der Waals surface area contributed by atoms with Gasteiger partial charge in [0.15, 0.2) is 0 Å². The monoisotopic (exact) mass is 623 g/mol. The molecule has 0 heterocycles. The highest BCUT2D eigenvalue weighted by Crippen LogP contribution is 2.66. The predicted octanol–water partition coefficient (Wildman–Crippen LogP) is 6.26. The van der Waals surface area contributed by atoms with E-state index in [9.17, 15) is 0 Å². The lowest BCUT2D eigenvalue weighted by molar-refractivity contribution is -0.191. The number of nitrogens with two attached hydrogens (primary N) is 3. The van der Waals surface area contributed by atoms with Crippen LogP contribution in [0.4, 0.5) is 0 Å². The second-order valence-corrected chi connectivity index (χ2v) is 15.3. The molecule has 2 unspecified atom stereocenters. The van der Waals surface area contributed by atoms with E-state index in [1.807, 2.05) is 0 Å². The van der Waals surface area contributed by atoms with Gasteiger partial charge in [-0.25, -0.2) is 0 Å². The minimum atomic E-state index is 0.162. The average Bonchev–Trinajstić information content (AvgIpc) is 3.38. The number of ether oxygens (including phenoxy) is 3. The Morgan fingerprint density at radius 1 is 0.795 bits per heavy atom. The van der Waals surface area contributed by atoms with Crippen LogP contribution in [0.2, 0.25) is 0 Å². The van der Waals surface area contributed by atoms with Crippen molar-refractivity contribution in [2.75, 3.05) is 52.5 Å². The molecule has 3 rings (SSSR count). The van der Waals surface area contributed by atoms with E-state index in [2.05, 4.69) is 39.9 Å². The van der Waals surface area contributed by atoms with Crippen LogP contribution in [-0.2, 0) is 14.2 Å². The molecule has 7 heteroatoms. The summed E-state index contributed by atoms with van der Waals surface area (Å²) in [5, 5.41) is 3.63. The first kappa shape index (κ1) is 38.2. The van der Waals surface area contributed by atoms with E-state index < -0.39 is 0 Å². The SMILES string of the molecule is CCCNCCC[C@@H](C)[C@H]1CC[C@H]2C([C@@H](CC)OCCCN)[C@@H]([C@]3(C)CC[C@H](OCCCN)CC3)C[C@H](OCCCN)C12C. The van der Waals surface area contributed by atoms with Crippen molar-refractivity contribution in [1.29, 1.82) is 0 Å². The zero-order chi connectivity index (χ0) is 32.0. The smallest absolute Gasteiger partial charge is 0.0637 e. The Balaban J connectivity index is 1.90. The van der Waals surface area contributed by atoms with Gasteiger partial charge in [0.05, 0.1) is 18.3 Å². The standard InChI is InChI=1S/C37H74N4O3/c1-6-22-41-23-8-12-28(3)30-13-14-31-35(33(7-2)43-25-10-20-39)32(27-34(37(30,31)5)44-26-11-21-40)36(4)17-15-29(16-18-36)42-24-9-19-38/h28-35,41H,6-27,38-40H2,1-5H3/t28-,29-,30-,31+,32+,33-,34+,35?,36+,37?/m1/s1. The molecule has 44 heavy (non-hydrogen) atoms. The summed E-state index contributed by atoms with van der Waals surface area (Å²) in [6, 6.07) is 0. The van der Waals surface area contributed by atoms with E-state index in [1.165, 1.54) is 44.9 Å². The van der Waals surface area contributed by atoms with Crippen LogP contribution in [0.25, 0.3) is 0 Å². The van der Waals surface area contributed by atoms with Gasteiger partial charge in [-0.05, 0) is 158 Å². The van der Waals surface area contributed by atoms with Gasteiger partial charge < -0.3 is 36.7 Å². The summed E-state index contributed by atoms with van der Waals surface area (Å²) in [6.45, 7) is 19.1. The summed E-state index contributed by atoms with van der Waals surface area (Å²) >= 11 is 0. The van der Waals surface area contributed by atoms with Gasteiger partial charge in [0, 0.05) is 25.2 Å². The molecule has 7 N–H and O–H groups in total. The summed E-state index contributed by atoms with van der Waals surface area (Å²) < 4.78 is 20.1. The van der Waals surface area contributed by atoms with Crippen molar-refractivity contribution in [3.05, 3.63) is 0 Å². The molecule has 0 bridgehead atoms. The second-order valence-electron chi connectivity index (χ2n) is 15.3. The van der Waals surface area contributed by atoms with E-state index in [4.69, 9.17) is 31.4 Å². The van der Waals surface area contributed by atoms with E-state index in [1.54, 1.807) is 0 Å². The van der Waals surface area contributed by atoms with Gasteiger partial charge in [0.25, 0.3) is 0 Å². The first-order chi connectivity index (χ1) is 21.3. The zero-order valence-electron chi connectivity index (χ0n) is 29.6. The quantitative estimate of drug-likeness (QED) is 0.105. The molecule has 0 aromatic carbocycles. The molecule has 0 radical (unpaired) electrons. The third kappa shape index (κ3) is 9.64. The highest BCUT2D eigenvalue weighted by atomic mass is 16.5. The molecule has 3 aliphatic rings. The van der Waals surface area contributed by atoms with Crippen LogP contribution in [-0.4, -0.2) is 70.9 Å². The topological polar surface area (TPSA) is 118 Å². The minimum absolute atomic E-state index is 0.162. The van der Waals surface area contributed by atoms with Crippen molar-refractivity contribution in [3.8, 4) is 0 Å². The number of rotatable bonds is 22. The van der Waals surface area contributed by atoms with Crippen LogP contribution < -0.4 is 22.5 Å². The molecule has 0 amide bonds. The summed E-state index contributed by atoms with van der Waals surface area (Å²) in [7, 11) is 0. The Morgan fingerprint density at radius 2 is 1.45 bits per heavy atom. The molecular formula is C37H74N4O3. The van der Waals surface area contributed by atoms with E-state index in [-0.39, 0.29) is 23.0 Å². The van der Waals surface area contributed by atoms with Crippen molar-refractivity contribution in [2.24, 2.45) is 57.6 Å². The van der Waals surface area contributed by atoms with Gasteiger partial charge in [0.1, 0.15) is 0 Å². The van der Waals surface area contributed by atoms with Gasteiger partial charge >= 0.3 is 0 Å². The van der Waals surface area contributed by atoms with Crippen molar-refractivity contribution in [1.82, 2.24) is 5.32 Å². The molecule has 3 fully saturated rings. The fraction of sp³-hybridized carbons (Fsp3) is 1.00. The Morgan fingerprint density at radius 3 is 2.09 bits per heavy atom. The van der Waals surface area contributed by atoms with Gasteiger partial charge in [-0.1, -0.05) is 34.6 Å². The Hall–Kier alpha value is -0.280. The summed E-state index contributed by atoms with van der Waals surface area (Å²) in [4.78, 5) is 0. The molecule has 260 valence electrons. The molecule has 0 saturated heterocycles. The Kier molecular flexibility index (Phi) is 16.9. The van der Waals surface area contributed by atoms with Crippen molar-refractivity contribution in [3.63, 3.8) is 0 Å². The maximum absolute atomic E-state index is 7.00. The highest BCUT2D eigenvalue weighted by Gasteiger charge is 2.63. The molecule has 0 aromatic heterocycles. The Bertz CT molecular complexity index is 763. The number of fused-ring (bicyclic) bond motifs is 1. The molecule has 0 aromatic rings. The molecule has 0 spiro atoms. The van der Waals surface area contributed by atoms with E-state index in [0.717, 1.165) is 77.9 Å². The van der Waals surface area contributed by atoms with Crippen molar-refractivity contribution < 1.29 is 14.2 Å². The summed E-state index contributed by atoms with van der Waals surface area (Å²) in [5.74, 6) is 3.14. The van der Waals surface area contributed by atoms with Gasteiger partial charge in [-0.3, -0.25) is 0 Å². The third-order valence-corrected chi connectivity index (χ3v) is 12.5. The normalized spacial score (nSPS) is 35.5. The fourth-order valence-corrected chi connectivity index (χ4v) is 9.98. The van der Waals surface area contributed by atoms with E-state index >= 15 is 0 Å². The minimum Gasteiger partial charge on any atom is -0.378 e.